The lowest BCUT2D eigenvalue weighted by atomic mass is 10.0. The molecule has 1 heterocycles. The molecule has 2 aromatic rings. The third-order valence-electron chi connectivity index (χ3n) is 4.95. The minimum absolute atomic E-state index is 0.0800. The van der Waals surface area contributed by atoms with Gasteiger partial charge in [-0.1, -0.05) is 30.3 Å². The van der Waals surface area contributed by atoms with Gasteiger partial charge in [0.15, 0.2) is 11.5 Å². The van der Waals surface area contributed by atoms with Crippen LogP contribution in [-0.4, -0.2) is 43.7 Å². The molecule has 1 amide bonds. The highest BCUT2D eigenvalue weighted by molar-refractivity contribution is 9.10. The average Bonchev–Trinajstić information content (AvgIpc) is 2.71. The van der Waals surface area contributed by atoms with Crippen LogP contribution < -0.4 is 14.8 Å². The number of likely N-dealkylation sites (tertiary alicyclic amines) is 1. The molecule has 1 saturated heterocycles. The van der Waals surface area contributed by atoms with E-state index in [1.54, 1.807) is 19.2 Å². The molecule has 5 nitrogen and oxygen atoms in total. The van der Waals surface area contributed by atoms with Crippen LogP contribution in [0.2, 0.25) is 0 Å². The normalized spacial score (nSPS) is 15.2. The minimum Gasteiger partial charge on any atom is -0.493 e. The molecule has 0 spiro atoms. The van der Waals surface area contributed by atoms with Crippen LogP contribution in [0.1, 0.15) is 35.7 Å². The highest BCUT2D eigenvalue weighted by Gasteiger charge is 2.22. The fraction of sp³-hybridized carbons (Fsp3) is 0.409. The monoisotopic (exact) mass is 446 g/mol. The highest BCUT2D eigenvalue weighted by atomic mass is 79.9. The van der Waals surface area contributed by atoms with Crippen LogP contribution in [0, 0.1) is 0 Å². The van der Waals surface area contributed by atoms with E-state index in [0.717, 1.165) is 36.9 Å². The van der Waals surface area contributed by atoms with Crippen molar-refractivity contribution < 1.29 is 14.3 Å². The highest BCUT2D eigenvalue weighted by Crippen LogP contribution is 2.36. The lowest BCUT2D eigenvalue weighted by molar-refractivity contribution is 0.0908. The summed E-state index contributed by atoms with van der Waals surface area (Å²) in [6, 6.07) is 14.2. The van der Waals surface area contributed by atoms with Gasteiger partial charge in [0.05, 0.1) is 18.2 Å². The molecular weight excluding hydrogens is 420 g/mol. The van der Waals surface area contributed by atoms with Crippen LogP contribution in [0.25, 0.3) is 0 Å². The van der Waals surface area contributed by atoms with Gasteiger partial charge in [-0.2, -0.15) is 0 Å². The second-order valence-electron chi connectivity index (χ2n) is 6.93. The van der Waals surface area contributed by atoms with Gasteiger partial charge < -0.3 is 14.8 Å². The molecule has 150 valence electrons. The van der Waals surface area contributed by atoms with E-state index < -0.39 is 0 Å². The van der Waals surface area contributed by atoms with E-state index in [2.05, 4.69) is 50.4 Å². The molecule has 0 saturated carbocycles. The largest absolute Gasteiger partial charge is 0.493 e. The molecule has 1 aliphatic rings. The van der Waals surface area contributed by atoms with Gasteiger partial charge in [0.1, 0.15) is 0 Å². The Morgan fingerprint density at radius 1 is 1.21 bits per heavy atom. The summed E-state index contributed by atoms with van der Waals surface area (Å²) in [7, 11) is 1.58. The van der Waals surface area contributed by atoms with E-state index in [4.69, 9.17) is 9.47 Å². The molecule has 0 atom stereocenters. The van der Waals surface area contributed by atoms with Crippen molar-refractivity contribution in [1.82, 2.24) is 10.2 Å². The molecule has 0 radical (unpaired) electrons. The first-order chi connectivity index (χ1) is 13.6. The summed E-state index contributed by atoms with van der Waals surface area (Å²) in [5.74, 6) is 1.10. The van der Waals surface area contributed by atoms with Gasteiger partial charge >= 0.3 is 0 Å². The zero-order valence-electron chi connectivity index (χ0n) is 16.4. The predicted molar refractivity (Wildman–Crippen MR) is 114 cm³/mol. The third kappa shape index (κ3) is 5.26. The standard InChI is InChI=1S/C22H27BrN2O3/c1-3-28-21-19(23)13-17(14-20(21)27-2)22(26)24-18-9-11-25(12-10-18)15-16-7-5-4-6-8-16/h4-8,13-14,18H,3,9-12,15H2,1-2H3,(H,24,26). The summed E-state index contributed by atoms with van der Waals surface area (Å²) in [4.78, 5) is 15.2. The Labute approximate surface area is 175 Å². The molecule has 6 heteroatoms. The van der Waals surface area contributed by atoms with E-state index in [9.17, 15) is 4.79 Å². The maximum absolute atomic E-state index is 12.7. The first-order valence-electron chi connectivity index (χ1n) is 9.68. The molecule has 1 N–H and O–H groups in total. The summed E-state index contributed by atoms with van der Waals surface area (Å²) < 4.78 is 11.7. The zero-order chi connectivity index (χ0) is 19.9. The van der Waals surface area contributed by atoms with Gasteiger partial charge in [0.2, 0.25) is 0 Å². The Balaban J connectivity index is 1.56. The maximum Gasteiger partial charge on any atom is 0.251 e. The van der Waals surface area contributed by atoms with Gasteiger partial charge in [-0.15, -0.1) is 0 Å². The van der Waals surface area contributed by atoms with Crippen LogP contribution in [0.15, 0.2) is 46.9 Å². The molecule has 2 aromatic carbocycles. The summed E-state index contributed by atoms with van der Waals surface area (Å²) in [5, 5.41) is 3.17. The number of nitrogens with one attached hydrogen (secondary N) is 1. The fourth-order valence-corrected chi connectivity index (χ4v) is 4.04. The van der Waals surface area contributed by atoms with E-state index >= 15 is 0 Å². The van der Waals surface area contributed by atoms with Crippen LogP contribution in [-0.2, 0) is 6.54 Å². The number of hydrogen-bond donors (Lipinski definition) is 1. The van der Waals surface area contributed by atoms with Gasteiger partial charge in [0, 0.05) is 31.2 Å². The van der Waals surface area contributed by atoms with Crippen LogP contribution in [0.3, 0.4) is 0 Å². The predicted octanol–water partition coefficient (Wildman–Crippen LogP) is 4.25. The third-order valence-corrected chi connectivity index (χ3v) is 5.54. The fourth-order valence-electron chi connectivity index (χ4n) is 3.48. The van der Waals surface area contributed by atoms with E-state index in [-0.39, 0.29) is 11.9 Å². The SMILES string of the molecule is CCOc1c(Br)cc(C(=O)NC2CCN(Cc3ccccc3)CC2)cc1OC. The Hall–Kier alpha value is -2.05. The van der Waals surface area contributed by atoms with Crippen LogP contribution >= 0.6 is 15.9 Å². The number of hydrogen-bond acceptors (Lipinski definition) is 4. The van der Waals surface area contributed by atoms with Crippen molar-refractivity contribution in [2.75, 3.05) is 26.8 Å². The van der Waals surface area contributed by atoms with Crippen molar-refractivity contribution in [3.63, 3.8) is 0 Å². The Kier molecular flexibility index (Phi) is 7.34. The Bertz CT molecular complexity index is 790. The van der Waals surface area contributed by atoms with Crippen molar-refractivity contribution in [1.29, 1.82) is 0 Å². The maximum atomic E-state index is 12.7. The molecule has 1 aliphatic heterocycles. The Morgan fingerprint density at radius 3 is 2.57 bits per heavy atom. The van der Waals surface area contributed by atoms with Crippen molar-refractivity contribution in [2.45, 2.75) is 32.4 Å². The van der Waals surface area contributed by atoms with Crippen LogP contribution in [0.4, 0.5) is 0 Å². The smallest absolute Gasteiger partial charge is 0.251 e. The number of nitrogens with zero attached hydrogens (tertiary/aromatic N) is 1. The molecule has 1 fully saturated rings. The number of rotatable bonds is 7. The molecule has 3 rings (SSSR count). The first-order valence-corrected chi connectivity index (χ1v) is 10.5. The number of halogens is 1. The van der Waals surface area contributed by atoms with Gasteiger partial charge in [-0.3, -0.25) is 9.69 Å². The summed E-state index contributed by atoms with van der Waals surface area (Å²) in [6.07, 6.45) is 1.90. The molecule has 0 bridgehead atoms. The van der Waals surface area contributed by atoms with E-state index in [1.807, 2.05) is 13.0 Å². The summed E-state index contributed by atoms with van der Waals surface area (Å²) in [5.41, 5.74) is 1.90. The Morgan fingerprint density at radius 2 is 1.93 bits per heavy atom. The second kappa shape index (κ2) is 9.94. The molecule has 0 aromatic heterocycles. The lowest BCUT2D eigenvalue weighted by Gasteiger charge is -2.32. The molecule has 0 aliphatic carbocycles. The van der Waals surface area contributed by atoms with Crippen molar-refractivity contribution in [3.8, 4) is 11.5 Å². The molecular formula is C22H27BrN2O3. The lowest BCUT2D eigenvalue weighted by Crippen LogP contribution is -2.44. The van der Waals surface area contributed by atoms with Gasteiger partial charge in [-0.05, 0) is 53.4 Å². The minimum atomic E-state index is -0.0800. The topological polar surface area (TPSA) is 50.8 Å². The zero-order valence-corrected chi connectivity index (χ0v) is 18.0. The van der Waals surface area contributed by atoms with Gasteiger partial charge in [-0.25, -0.2) is 0 Å². The first kappa shape index (κ1) is 20.7. The van der Waals surface area contributed by atoms with Crippen LogP contribution in [0.5, 0.6) is 11.5 Å². The number of benzene rings is 2. The number of ether oxygens (including phenoxy) is 2. The quantitative estimate of drug-likeness (QED) is 0.690. The van der Waals surface area contributed by atoms with Gasteiger partial charge in [0.25, 0.3) is 5.91 Å². The number of carbonyl (C=O) groups is 1. The van der Waals surface area contributed by atoms with Crippen molar-refractivity contribution in [3.05, 3.63) is 58.1 Å². The molecule has 0 unspecified atom stereocenters. The summed E-state index contributed by atoms with van der Waals surface area (Å²) >= 11 is 3.48. The second-order valence-corrected chi connectivity index (χ2v) is 7.79. The average molecular weight is 447 g/mol. The van der Waals surface area contributed by atoms with E-state index in [0.29, 0.717) is 23.7 Å². The number of carbonyl (C=O) groups excluding carboxylic acids is 1. The number of methoxy groups -OCH3 is 1. The number of amides is 1. The van der Waals surface area contributed by atoms with Crippen molar-refractivity contribution >= 4 is 21.8 Å². The summed E-state index contributed by atoms with van der Waals surface area (Å²) in [6.45, 7) is 5.37. The van der Waals surface area contributed by atoms with E-state index in [1.165, 1.54) is 5.56 Å². The van der Waals surface area contributed by atoms with Crippen molar-refractivity contribution in [2.24, 2.45) is 0 Å². The number of piperidine rings is 1. The molecule has 28 heavy (non-hydrogen) atoms.